The van der Waals surface area contributed by atoms with E-state index >= 15 is 0 Å². The number of sulfonamides is 1. The van der Waals surface area contributed by atoms with Crippen LogP contribution in [-0.4, -0.2) is 40.5 Å². The van der Waals surface area contributed by atoms with Gasteiger partial charge in [0.1, 0.15) is 5.88 Å². The normalized spacial score (nSPS) is 11.5. The largest absolute Gasteiger partial charge is 0.493 e. The number of rotatable bonds is 13. The van der Waals surface area contributed by atoms with Crippen LogP contribution < -0.4 is 19.5 Å². The molecular weight excluding hydrogens is 368 g/mol. The number of hydrogen-bond donors (Lipinski definition) is 2. The van der Waals surface area contributed by atoms with Crippen LogP contribution in [0.15, 0.2) is 24.3 Å². The summed E-state index contributed by atoms with van der Waals surface area (Å²) >= 11 is 0. The van der Waals surface area contributed by atoms with Crippen LogP contribution >= 0.6 is 0 Å². The van der Waals surface area contributed by atoms with Gasteiger partial charge >= 0.3 is 0 Å². The summed E-state index contributed by atoms with van der Waals surface area (Å²) in [5.74, 6) is 0.203. The first-order valence-corrected chi connectivity index (χ1v) is 10.8. The molecule has 0 atom stereocenters. The maximum absolute atomic E-state index is 11.9. The summed E-state index contributed by atoms with van der Waals surface area (Å²) in [7, 11) is -2.16. The molecule has 0 aromatic heterocycles. The van der Waals surface area contributed by atoms with Gasteiger partial charge in [0, 0.05) is 6.08 Å². The standard InChI is InChI=1S/C19H30N2O5S/c1-4-6-12-20-15-27(23,24)21-19(22)11-9-16-8-10-17(18(14-16)25-3)26-13-7-5-2/h8-11,14,20H,4-7,12-13,15H2,1-3H3,(H,21,22)/b11-9+. The van der Waals surface area contributed by atoms with Crippen LogP contribution in [0.2, 0.25) is 0 Å². The van der Waals surface area contributed by atoms with Gasteiger partial charge in [-0.1, -0.05) is 32.8 Å². The first kappa shape index (κ1) is 23.0. The van der Waals surface area contributed by atoms with Gasteiger partial charge in [0.05, 0.1) is 13.7 Å². The highest BCUT2D eigenvalue weighted by Gasteiger charge is 2.12. The number of methoxy groups -OCH3 is 1. The Kier molecular flexibility index (Phi) is 10.5. The molecule has 0 unspecified atom stereocenters. The van der Waals surface area contributed by atoms with Crippen molar-refractivity contribution in [1.82, 2.24) is 10.0 Å². The smallest absolute Gasteiger partial charge is 0.257 e. The van der Waals surface area contributed by atoms with Crippen LogP contribution in [0.1, 0.15) is 45.1 Å². The monoisotopic (exact) mass is 398 g/mol. The summed E-state index contributed by atoms with van der Waals surface area (Å²) in [5.41, 5.74) is 0.698. The molecule has 1 amide bonds. The first-order chi connectivity index (χ1) is 12.9. The maximum Gasteiger partial charge on any atom is 0.257 e. The highest BCUT2D eigenvalue weighted by atomic mass is 32.2. The van der Waals surface area contributed by atoms with E-state index in [-0.39, 0.29) is 5.88 Å². The SMILES string of the molecule is CCCCNCS(=O)(=O)NC(=O)/C=C/c1ccc(OCCCC)c(OC)c1. The number of benzene rings is 1. The molecule has 0 fully saturated rings. The van der Waals surface area contributed by atoms with Gasteiger partial charge < -0.3 is 14.8 Å². The van der Waals surface area contributed by atoms with Crippen LogP contribution in [0, 0.1) is 0 Å². The molecule has 27 heavy (non-hydrogen) atoms. The number of carbonyl (C=O) groups is 1. The molecule has 0 saturated carbocycles. The number of unbranched alkanes of at least 4 members (excludes halogenated alkanes) is 2. The number of nitrogens with one attached hydrogen (secondary N) is 2. The Morgan fingerprint density at radius 2 is 1.89 bits per heavy atom. The van der Waals surface area contributed by atoms with Gasteiger partial charge in [0.25, 0.3) is 5.91 Å². The lowest BCUT2D eigenvalue weighted by atomic mass is 10.2. The van der Waals surface area contributed by atoms with Crippen molar-refractivity contribution in [1.29, 1.82) is 0 Å². The molecule has 0 aliphatic carbocycles. The topological polar surface area (TPSA) is 93.7 Å². The molecule has 1 aromatic rings. The lowest BCUT2D eigenvalue weighted by Gasteiger charge is -2.11. The van der Waals surface area contributed by atoms with Gasteiger partial charge in [-0.3, -0.25) is 4.79 Å². The molecule has 0 spiro atoms. The highest BCUT2D eigenvalue weighted by molar-refractivity contribution is 7.90. The molecule has 0 bridgehead atoms. The minimum Gasteiger partial charge on any atom is -0.493 e. The zero-order chi connectivity index (χ0) is 20.1. The Hall–Kier alpha value is -2.06. The lowest BCUT2D eigenvalue weighted by Crippen LogP contribution is -2.36. The van der Waals surface area contributed by atoms with Gasteiger partial charge in [-0.2, -0.15) is 0 Å². The van der Waals surface area contributed by atoms with Gasteiger partial charge in [-0.05, 0) is 43.2 Å². The molecule has 7 nitrogen and oxygen atoms in total. The molecule has 0 aliphatic rings. The fourth-order valence-electron chi connectivity index (χ4n) is 2.14. The molecule has 1 aromatic carbocycles. The van der Waals surface area contributed by atoms with Crippen molar-refractivity contribution in [3.8, 4) is 11.5 Å². The zero-order valence-corrected chi connectivity index (χ0v) is 17.1. The van der Waals surface area contributed by atoms with E-state index in [4.69, 9.17) is 9.47 Å². The fourth-order valence-corrected chi connectivity index (χ4v) is 3.00. The van der Waals surface area contributed by atoms with Gasteiger partial charge in [0.2, 0.25) is 10.0 Å². The second-order valence-corrected chi connectivity index (χ2v) is 7.75. The third kappa shape index (κ3) is 9.44. The van der Waals surface area contributed by atoms with Crippen molar-refractivity contribution >= 4 is 22.0 Å². The summed E-state index contributed by atoms with van der Waals surface area (Å²) in [4.78, 5) is 11.9. The fraction of sp³-hybridized carbons (Fsp3) is 0.526. The Bertz CT molecular complexity index is 717. The molecule has 152 valence electrons. The Morgan fingerprint density at radius 1 is 1.15 bits per heavy atom. The molecule has 0 saturated heterocycles. The van der Waals surface area contributed by atoms with Gasteiger partial charge in [-0.15, -0.1) is 0 Å². The van der Waals surface area contributed by atoms with Crippen LogP contribution in [0.4, 0.5) is 0 Å². The predicted molar refractivity (Wildman–Crippen MR) is 107 cm³/mol. The van der Waals surface area contributed by atoms with E-state index in [1.54, 1.807) is 25.3 Å². The van der Waals surface area contributed by atoms with Gasteiger partial charge in [0.15, 0.2) is 11.5 Å². The summed E-state index contributed by atoms with van der Waals surface area (Å²) in [6.07, 6.45) is 6.53. The van der Waals surface area contributed by atoms with E-state index in [1.165, 1.54) is 12.2 Å². The van der Waals surface area contributed by atoms with Crippen molar-refractivity contribution in [2.75, 3.05) is 26.1 Å². The van der Waals surface area contributed by atoms with Crippen LogP contribution in [-0.2, 0) is 14.8 Å². The lowest BCUT2D eigenvalue weighted by molar-refractivity contribution is -0.114. The van der Waals surface area contributed by atoms with Crippen molar-refractivity contribution in [3.05, 3.63) is 29.8 Å². The molecule has 0 heterocycles. The molecule has 1 rings (SSSR count). The van der Waals surface area contributed by atoms with E-state index < -0.39 is 15.9 Å². The minimum atomic E-state index is -3.70. The summed E-state index contributed by atoms with van der Waals surface area (Å²) in [5, 5.41) is 2.79. The van der Waals surface area contributed by atoms with Crippen molar-refractivity contribution in [2.45, 2.75) is 39.5 Å². The number of ether oxygens (including phenoxy) is 2. The quantitative estimate of drug-likeness (QED) is 0.392. The number of hydrogen-bond acceptors (Lipinski definition) is 6. The van der Waals surface area contributed by atoms with E-state index in [2.05, 4.69) is 12.2 Å². The Balaban J connectivity index is 2.63. The van der Waals surface area contributed by atoms with Crippen LogP contribution in [0.3, 0.4) is 0 Å². The van der Waals surface area contributed by atoms with E-state index in [9.17, 15) is 13.2 Å². The number of amides is 1. The second kappa shape index (κ2) is 12.3. The van der Waals surface area contributed by atoms with Crippen molar-refractivity contribution in [2.24, 2.45) is 0 Å². The molecule has 0 radical (unpaired) electrons. The summed E-state index contributed by atoms with van der Waals surface area (Å²) in [6.45, 7) is 5.30. The van der Waals surface area contributed by atoms with Crippen LogP contribution in [0.5, 0.6) is 11.5 Å². The Labute approximate surface area is 162 Å². The second-order valence-electron chi connectivity index (χ2n) is 6.02. The summed E-state index contributed by atoms with van der Waals surface area (Å²) < 4.78 is 36.6. The third-order valence-electron chi connectivity index (χ3n) is 3.63. The molecule has 0 aliphatic heterocycles. The highest BCUT2D eigenvalue weighted by Crippen LogP contribution is 2.28. The Morgan fingerprint density at radius 3 is 2.56 bits per heavy atom. The molecular formula is C19H30N2O5S. The van der Waals surface area contributed by atoms with Crippen molar-refractivity contribution < 1.29 is 22.7 Å². The van der Waals surface area contributed by atoms with E-state index in [0.717, 1.165) is 25.7 Å². The van der Waals surface area contributed by atoms with Gasteiger partial charge in [-0.25, -0.2) is 13.1 Å². The average molecular weight is 399 g/mol. The van der Waals surface area contributed by atoms with E-state index in [1.807, 2.05) is 11.6 Å². The molecule has 8 heteroatoms. The van der Waals surface area contributed by atoms with Crippen LogP contribution in [0.25, 0.3) is 6.08 Å². The maximum atomic E-state index is 11.9. The zero-order valence-electron chi connectivity index (χ0n) is 16.3. The van der Waals surface area contributed by atoms with E-state index in [0.29, 0.717) is 30.2 Å². The first-order valence-electron chi connectivity index (χ1n) is 9.16. The minimum absolute atomic E-state index is 0.288. The molecule has 2 N–H and O–H groups in total. The van der Waals surface area contributed by atoms with Crippen molar-refractivity contribution in [3.63, 3.8) is 0 Å². The third-order valence-corrected chi connectivity index (χ3v) is 4.72. The number of carbonyl (C=O) groups excluding carboxylic acids is 1. The summed E-state index contributed by atoms with van der Waals surface area (Å²) in [6, 6.07) is 5.26. The predicted octanol–water partition coefficient (Wildman–Crippen LogP) is 2.68. The average Bonchev–Trinajstić information content (AvgIpc) is 2.64.